The quantitative estimate of drug-likeness (QED) is 0.521. The van der Waals surface area contributed by atoms with Crippen LogP contribution in [0.1, 0.15) is 10.4 Å². The maximum absolute atomic E-state index is 12.0. The van der Waals surface area contributed by atoms with Crippen molar-refractivity contribution in [3.05, 3.63) is 59.1 Å². The number of hydrogen-bond donors (Lipinski definition) is 1. The van der Waals surface area contributed by atoms with E-state index in [1.165, 1.54) is 11.8 Å². The lowest BCUT2D eigenvalue weighted by atomic mass is 10.1. The molecule has 21 heavy (non-hydrogen) atoms. The molecule has 0 aliphatic rings. The number of fused-ring (bicyclic) bond motifs is 1. The van der Waals surface area contributed by atoms with Crippen LogP contribution in [0.3, 0.4) is 0 Å². The van der Waals surface area contributed by atoms with Gasteiger partial charge < -0.3 is 4.98 Å². The molecule has 1 aromatic heterocycles. The molecule has 3 rings (SSSR count). The van der Waals surface area contributed by atoms with Crippen LogP contribution < -0.4 is 0 Å². The van der Waals surface area contributed by atoms with Gasteiger partial charge in [0, 0.05) is 10.6 Å². The number of rotatable bonds is 4. The Balaban J connectivity index is 0.00000161. The number of hydrogen-bond acceptors (Lipinski definition) is 3. The van der Waals surface area contributed by atoms with E-state index in [2.05, 4.69) is 9.97 Å². The first-order valence-electron chi connectivity index (χ1n) is 6.09. The van der Waals surface area contributed by atoms with Gasteiger partial charge in [-0.15, -0.1) is 17.0 Å². The lowest BCUT2D eigenvalue weighted by molar-refractivity contribution is 0.102. The van der Waals surface area contributed by atoms with Crippen LogP contribution in [0.2, 0.25) is 5.02 Å². The highest BCUT2D eigenvalue weighted by Crippen LogP contribution is 2.20. The summed E-state index contributed by atoms with van der Waals surface area (Å²) in [6.45, 7) is 0. The number of benzene rings is 2. The first-order valence-corrected chi connectivity index (χ1v) is 7.45. The van der Waals surface area contributed by atoms with E-state index < -0.39 is 0 Å². The molecule has 0 saturated heterocycles. The Morgan fingerprint density at radius 2 is 1.86 bits per heavy atom. The summed E-state index contributed by atoms with van der Waals surface area (Å²) < 4.78 is 0. The van der Waals surface area contributed by atoms with Crippen LogP contribution >= 0.6 is 40.3 Å². The van der Waals surface area contributed by atoms with Crippen LogP contribution in [-0.2, 0) is 0 Å². The standard InChI is InChI=1S/C15H11ClN2OS.BrH/c16-11-7-5-10(6-8-11)14(19)9-20-15-17-12-3-1-2-4-13(12)18-15;/h1-8H,9H2,(H,17,18);1H. The number of carbonyl (C=O) groups excluding carboxylic acids is 1. The highest BCUT2D eigenvalue weighted by atomic mass is 79.9. The largest absolute Gasteiger partial charge is 0.333 e. The lowest BCUT2D eigenvalue weighted by Crippen LogP contribution is -2.02. The molecule has 0 radical (unpaired) electrons. The summed E-state index contributed by atoms with van der Waals surface area (Å²) in [5.41, 5.74) is 2.56. The molecule has 0 fully saturated rings. The van der Waals surface area contributed by atoms with E-state index in [4.69, 9.17) is 11.6 Å². The van der Waals surface area contributed by atoms with Crippen LogP contribution in [0.25, 0.3) is 11.0 Å². The van der Waals surface area contributed by atoms with Crippen molar-refractivity contribution in [3.8, 4) is 0 Å². The van der Waals surface area contributed by atoms with Gasteiger partial charge in [-0.2, -0.15) is 0 Å². The van der Waals surface area contributed by atoms with Gasteiger partial charge in [-0.05, 0) is 36.4 Å². The van der Waals surface area contributed by atoms with E-state index in [1.807, 2.05) is 24.3 Å². The molecular formula is C15H12BrClN2OS. The monoisotopic (exact) mass is 382 g/mol. The Kier molecular flexibility index (Phi) is 5.45. The van der Waals surface area contributed by atoms with Gasteiger partial charge in [0.2, 0.25) is 0 Å². The van der Waals surface area contributed by atoms with Crippen LogP contribution in [0, 0.1) is 0 Å². The molecule has 0 amide bonds. The topological polar surface area (TPSA) is 45.8 Å². The molecule has 2 aromatic carbocycles. The third kappa shape index (κ3) is 3.87. The number of aromatic nitrogens is 2. The van der Waals surface area contributed by atoms with Crippen molar-refractivity contribution in [2.45, 2.75) is 5.16 Å². The van der Waals surface area contributed by atoms with Gasteiger partial charge in [-0.3, -0.25) is 4.79 Å². The molecule has 0 aliphatic carbocycles. The predicted octanol–water partition coefficient (Wildman–Crippen LogP) is 4.77. The SMILES string of the molecule is Br.O=C(CSc1nc2ccccc2[nH]1)c1ccc(Cl)cc1. The Hall–Kier alpha value is -1.30. The van der Waals surface area contributed by atoms with Gasteiger partial charge in [0.1, 0.15) is 0 Å². The van der Waals surface area contributed by atoms with Gasteiger partial charge in [0.25, 0.3) is 0 Å². The number of H-pyrrole nitrogens is 1. The van der Waals surface area contributed by atoms with Gasteiger partial charge in [0.05, 0.1) is 16.8 Å². The number of nitrogens with zero attached hydrogens (tertiary/aromatic N) is 1. The fourth-order valence-corrected chi connectivity index (χ4v) is 2.76. The molecule has 0 atom stereocenters. The van der Waals surface area contributed by atoms with E-state index in [1.54, 1.807) is 24.3 Å². The second kappa shape index (κ2) is 7.11. The summed E-state index contributed by atoms with van der Waals surface area (Å²) in [6.07, 6.45) is 0. The minimum Gasteiger partial charge on any atom is -0.333 e. The Bertz CT molecular complexity index is 725. The number of para-hydroxylation sites is 2. The smallest absolute Gasteiger partial charge is 0.173 e. The van der Waals surface area contributed by atoms with Crippen LogP contribution in [0.15, 0.2) is 53.7 Å². The summed E-state index contributed by atoms with van der Waals surface area (Å²) >= 11 is 7.21. The number of nitrogens with one attached hydrogen (secondary N) is 1. The molecular weight excluding hydrogens is 372 g/mol. The summed E-state index contributed by atoms with van der Waals surface area (Å²) in [5.74, 6) is 0.411. The van der Waals surface area contributed by atoms with Crippen LogP contribution in [0.4, 0.5) is 0 Å². The summed E-state index contributed by atoms with van der Waals surface area (Å²) in [4.78, 5) is 19.7. The Labute approximate surface area is 141 Å². The minimum atomic E-state index is 0. The zero-order valence-electron chi connectivity index (χ0n) is 10.9. The van der Waals surface area contributed by atoms with E-state index in [0.717, 1.165) is 16.2 Å². The van der Waals surface area contributed by atoms with E-state index in [-0.39, 0.29) is 22.8 Å². The summed E-state index contributed by atoms with van der Waals surface area (Å²) in [7, 11) is 0. The van der Waals surface area contributed by atoms with Crippen LogP contribution in [-0.4, -0.2) is 21.5 Å². The second-order valence-electron chi connectivity index (χ2n) is 4.28. The molecule has 0 spiro atoms. The van der Waals surface area contributed by atoms with Crippen molar-refractivity contribution in [2.24, 2.45) is 0 Å². The average Bonchev–Trinajstić information content (AvgIpc) is 2.88. The molecule has 1 heterocycles. The van der Waals surface area contributed by atoms with Crippen molar-refractivity contribution >= 4 is 57.2 Å². The third-order valence-electron chi connectivity index (χ3n) is 2.87. The summed E-state index contributed by atoms with van der Waals surface area (Å²) in [5, 5.41) is 1.39. The lowest BCUT2D eigenvalue weighted by Gasteiger charge is -1.99. The molecule has 108 valence electrons. The number of imidazole rings is 1. The highest BCUT2D eigenvalue weighted by molar-refractivity contribution is 8.93. The molecule has 1 N–H and O–H groups in total. The molecule has 0 unspecified atom stereocenters. The number of thioether (sulfide) groups is 1. The first-order chi connectivity index (χ1) is 9.72. The van der Waals surface area contributed by atoms with Gasteiger partial charge in [-0.25, -0.2) is 4.98 Å². The molecule has 3 nitrogen and oxygen atoms in total. The van der Waals surface area contributed by atoms with Gasteiger partial charge in [-0.1, -0.05) is 35.5 Å². The number of carbonyl (C=O) groups is 1. The average molecular weight is 384 g/mol. The molecule has 0 bridgehead atoms. The van der Waals surface area contributed by atoms with E-state index >= 15 is 0 Å². The third-order valence-corrected chi connectivity index (χ3v) is 4.00. The predicted molar refractivity (Wildman–Crippen MR) is 92.9 cm³/mol. The molecule has 3 aromatic rings. The van der Waals surface area contributed by atoms with Gasteiger partial charge >= 0.3 is 0 Å². The van der Waals surface area contributed by atoms with Crippen molar-refractivity contribution in [2.75, 3.05) is 5.75 Å². The second-order valence-corrected chi connectivity index (χ2v) is 5.68. The Morgan fingerprint density at radius 3 is 2.57 bits per heavy atom. The van der Waals surface area contributed by atoms with Crippen molar-refractivity contribution in [3.63, 3.8) is 0 Å². The number of ketones is 1. The maximum Gasteiger partial charge on any atom is 0.173 e. The van der Waals surface area contributed by atoms with Crippen molar-refractivity contribution in [1.29, 1.82) is 0 Å². The number of aromatic amines is 1. The van der Waals surface area contributed by atoms with Gasteiger partial charge in [0.15, 0.2) is 10.9 Å². The Morgan fingerprint density at radius 1 is 1.14 bits per heavy atom. The number of halogens is 2. The first kappa shape index (κ1) is 16.1. The normalized spacial score (nSPS) is 10.3. The fourth-order valence-electron chi connectivity index (χ4n) is 1.85. The van der Waals surface area contributed by atoms with Crippen molar-refractivity contribution < 1.29 is 4.79 Å². The molecule has 0 saturated carbocycles. The zero-order chi connectivity index (χ0) is 13.9. The van der Waals surface area contributed by atoms with Crippen molar-refractivity contribution in [1.82, 2.24) is 9.97 Å². The zero-order valence-corrected chi connectivity index (χ0v) is 14.2. The van der Waals surface area contributed by atoms with E-state index in [9.17, 15) is 4.79 Å². The highest BCUT2D eigenvalue weighted by Gasteiger charge is 2.09. The maximum atomic E-state index is 12.0. The van der Waals surface area contributed by atoms with Crippen LogP contribution in [0.5, 0.6) is 0 Å². The minimum absolute atomic E-state index is 0. The summed E-state index contributed by atoms with van der Waals surface area (Å²) in [6, 6.07) is 14.7. The molecule has 0 aliphatic heterocycles. The number of Topliss-reactive ketones (excluding diaryl/α,β-unsaturated/α-hetero) is 1. The van der Waals surface area contributed by atoms with E-state index in [0.29, 0.717) is 16.3 Å². The molecule has 6 heteroatoms. The fraction of sp³-hybridized carbons (Fsp3) is 0.0667.